The predicted octanol–water partition coefficient (Wildman–Crippen LogP) is 8.73. The minimum Gasteiger partial charge on any atom is -0.327 e. The van der Waals surface area contributed by atoms with E-state index in [9.17, 15) is 0 Å². The lowest BCUT2D eigenvalue weighted by atomic mass is 9.59. The highest BCUT2D eigenvalue weighted by Crippen LogP contribution is 2.48. The lowest BCUT2D eigenvalue weighted by Gasteiger charge is -2.49. The van der Waals surface area contributed by atoms with E-state index >= 15 is 0 Å². The quantitative estimate of drug-likeness (QED) is 0.311. The molecular formula is C32H49BCl2N2. The van der Waals surface area contributed by atoms with Crippen LogP contribution in [-0.2, 0) is 10.8 Å². The van der Waals surface area contributed by atoms with E-state index in [1.54, 1.807) is 0 Å². The molecule has 0 heterocycles. The van der Waals surface area contributed by atoms with Crippen LogP contribution in [0.4, 0.5) is 0 Å². The SMILES string of the molecule is CC(C)CC(N)C1(c2ccc(Cl)cc2)CCC1.CNC(CC(C)C)C1(c2ccc(Cl)cc2)CCC1.[B]C. The van der Waals surface area contributed by atoms with Crippen molar-refractivity contribution in [2.24, 2.45) is 17.6 Å². The van der Waals surface area contributed by atoms with Crippen molar-refractivity contribution in [1.82, 2.24) is 5.32 Å². The van der Waals surface area contributed by atoms with Gasteiger partial charge in [0, 0.05) is 33.0 Å². The number of rotatable bonds is 9. The van der Waals surface area contributed by atoms with E-state index < -0.39 is 0 Å². The predicted molar refractivity (Wildman–Crippen MR) is 165 cm³/mol. The third-order valence-electron chi connectivity index (χ3n) is 8.49. The molecule has 2 atom stereocenters. The molecule has 4 rings (SSSR count). The molecule has 2 fully saturated rings. The Balaban J connectivity index is 0.000000244. The Morgan fingerprint density at radius 1 is 0.730 bits per heavy atom. The van der Waals surface area contributed by atoms with Crippen LogP contribution < -0.4 is 11.1 Å². The molecule has 2 aromatic rings. The highest BCUT2D eigenvalue weighted by atomic mass is 35.5. The second-order valence-electron chi connectivity index (χ2n) is 11.7. The van der Waals surface area contributed by atoms with Gasteiger partial charge in [0.15, 0.2) is 0 Å². The summed E-state index contributed by atoms with van der Waals surface area (Å²) >= 11 is 12.0. The first-order valence-electron chi connectivity index (χ1n) is 14.2. The molecule has 2 radical (unpaired) electrons. The fourth-order valence-electron chi connectivity index (χ4n) is 6.22. The average molecular weight is 543 g/mol. The Morgan fingerprint density at radius 2 is 1.11 bits per heavy atom. The molecule has 204 valence electrons. The number of halogens is 2. The van der Waals surface area contributed by atoms with E-state index in [2.05, 4.69) is 72.2 Å². The second-order valence-corrected chi connectivity index (χ2v) is 12.6. The Labute approximate surface area is 238 Å². The molecule has 0 amide bonds. The molecule has 2 aliphatic rings. The summed E-state index contributed by atoms with van der Waals surface area (Å²) in [6.45, 7) is 10.6. The summed E-state index contributed by atoms with van der Waals surface area (Å²) in [4.78, 5) is 0. The standard InChI is InChI=1S/C16H24ClN.C15H22ClN.CH3B/c1-12(2)11-15(18-3)16(9-4-10-16)13-5-7-14(17)8-6-13;1-11(2)10-14(17)15(8-3-9-15)12-4-6-13(16)7-5-12;1-2/h5-8,12,15,18H,4,9-11H2,1-3H3;4-7,11,14H,3,8-10,17H2,1-2H3;1H3. The van der Waals surface area contributed by atoms with Crippen molar-refractivity contribution >= 4 is 31.0 Å². The van der Waals surface area contributed by atoms with Gasteiger partial charge in [0.1, 0.15) is 0 Å². The van der Waals surface area contributed by atoms with Gasteiger partial charge >= 0.3 is 0 Å². The Hall–Kier alpha value is -0.995. The lowest BCUT2D eigenvalue weighted by molar-refractivity contribution is 0.157. The molecule has 0 spiro atoms. The number of benzene rings is 2. The second kappa shape index (κ2) is 15.0. The maximum atomic E-state index is 6.45. The van der Waals surface area contributed by atoms with Gasteiger partial charge < -0.3 is 11.1 Å². The average Bonchev–Trinajstić information content (AvgIpc) is 2.80. The van der Waals surface area contributed by atoms with E-state index in [0.717, 1.165) is 22.4 Å². The number of likely N-dealkylation sites (N-methyl/N-ethyl adjacent to an activating group) is 1. The third-order valence-corrected chi connectivity index (χ3v) is 8.99. The summed E-state index contributed by atoms with van der Waals surface area (Å²) < 4.78 is 0. The van der Waals surface area contributed by atoms with Gasteiger partial charge in [0.25, 0.3) is 0 Å². The molecule has 0 aromatic heterocycles. The molecule has 2 aliphatic carbocycles. The monoisotopic (exact) mass is 542 g/mol. The van der Waals surface area contributed by atoms with Crippen LogP contribution in [0.1, 0.15) is 90.2 Å². The number of nitrogens with two attached hydrogens (primary N) is 1. The van der Waals surface area contributed by atoms with Gasteiger partial charge in [-0.25, -0.2) is 0 Å². The largest absolute Gasteiger partial charge is 0.327 e. The molecule has 5 heteroatoms. The zero-order valence-electron chi connectivity index (χ0n) is 24.0. The van der Waals surface area contributed by atoms with Crippen molar-refractivity contribution in [3.63, 3.8) is 0 Å². The van der Waals surface area contributed by atoms with E-state index in [4.69, 9.17) is 28.9 Å². The van der Waals surface area contributed by atoms with Gasteiger partial charge in [-0.2, -0.15) is 0 Å². The summed E-state index contributed by atoms with van der Waals surface area (Å²) in [5.41, 5.74) is 9.84. The van der Waals surface area contributed by atoms with E-state index in [0.29, 0.717) is 17.4 Å². The van der Waals surface area contributed by atoms with Crippen LogP contribution in [0.3, 0.4) is 0 Å². The van der Waals surface area contributed by atoms with Crippen molar-refractivity contribution in [2.75, 3.05) is 7.05 Å². The number of nitrogens with one attached hydrogen (secondary N) is 1. The Bertz CT molecular complexity index is 903. The van der Waals surface area contributed by atoms with Crippen molar-refractivity contribution in [3.8, 4) is 0 Å². The highest BCUT2D eigenvalue weighted by molar-refractivity contribution is 6.30. The minimum absolute atomic E-state index is 0.217. The normalized spacial score (nSPS) is 18.9. The molecule has 3 N–H and O–H groups in total. The number of hydrogen-bond donors (Lipinski definition) is 2. The smallest absolute Gasteiger partial charge is 0.0606 e. The topological polar surface area (TPSA) is 38.0 Å². The molecule has 2 aromatic carbocycles. The summed E-state index contributed by atoms with van der Waals surface area (Å²) in [7, 11) is 6.60. The Morgan fingerprint density at radius 3 is 1.41 bits per heavy atom. The van der Waals surface area contributed by atoms with Crippen molar-refractivity contribution < 1.29 is 0 Å². The first-order chi connectivity index (χ1) is 17.6. The van der Waals surface area contributed by atoms with Crippen LogP contribution in [0.5, 0.6) is 0 Å². The summed E-state index contributed by atoms with van der Waals surface area (Å²) in [6.07, 6.45) is 10.0. The van der Waals surface area contributed by atoms with Crippen LogP contribution >= 0.6 is 23.2 Å². The van der Waals surface area contributed by atoms with Gasteiger partial charge in [0.05, 0.1) is 7.85 Å². The van der Waals surface area contributed by atoms with Gasteiger partial charge in [-0.1, -0.05) is 94.8 Å². The summed E-state index contributed by atoms with van der Waals surface area (Å²) in [5.74, 6) is 1.39. The third kappa shape index (κ3) is 8.01. The minimum atomic E-state index is 0.217. The fourth-order valence-corrected chi connectivity index (χ4v) is 6.47. The van der Waals surface area contributed by atoms with Crippen molar-refractivity contribution in [2.45, 2.75) is 109 Å². The zero-order chi connectivity index (χ0) is 27.6. The van der Waals surface area contributed by atoms with Gasteiger partial charge in [-0.05, 0) is 92.8 Å². The fraction of sp³-hybridized carbons (Fsp3) is 0.625. The van der Waals surface area contributed by atoms with Gasteiger partial charge in [0.2, 0.25) is 0 Å². The molecule has 2 nitrogen and oxygen atoms in total. The van der Waals surface area contributed by atoms with Crippen LogP contribution in [0, 0.1) is 11.8 Å². The van der Waals surface area contributed by atoms with Crippen LogP contribution in [0.2, 0.25) is 16.9 Å². The maximum Gasteiger partial charge on any atom is 0.0606 e. The van der Waals surface area contributed by atoms with E-state index in [1.807, 2.05) is 24.3 Å². The molecule has 37 heavy (non-hydrogen) atoms. The molecule has 0 bridgehead atoms. The first kappa shape index (κ1) is 32.2. The van der Waals surface area contributed by atoms with Crippen LogP contribution in [0.15, 0.2) is 48.5 Å². The Kier molecular flexibility index (Phi) is 13.0. The molecule has 2 unspecified atom stereocenters. The van der Waals surface area contributed by atoms with E-state index in [1.165, 1.54) is 62.9 Å². The zero-order valence-corrected chi connectivity index (χ0v) is 25.5. The first-order valence-corrected chi connectivity index (χ1v) is 14.9. The van der Waals surface area contributed by atoms with Crippen molar-refractivity contribution in [1.29, 1.82) is 0 Å². The van der Waals surface area contributed by atoms with E-state index in [-0.39, 0.29) is 11.5 Å². The van der Waals surface area contributed by atoms with Crippen LogP contribution in [0.25, 0.3) is 0 Å². The number of hydrogen-bond acceptors (Lipinski definition) is 2. The van der Waals surface area contributed by atoms with Gasteiger partial charge in [-0.3, -0.25) is 0 Å². The highest BCUT2D eigenvalue weighted by Gasteiger charge is 2.45. The summed E-state index contributed by atoms with van der Waals surface area (Å²) in [5, 5.41) is 5.19. The lowest BCUT2D eigenvalue weighted by Crippen LogP contribution is -2.52. The van der Waals surface area contributed by atoms with Gasteiger partial charge in [-0.15, -0.1) is 0 Å². The maximum absolute atomic E-state index is 6.45. The summed E-state index contributed by atoms with van der Waals surface area (Å²) in [6, 6.07) is 17.6. The molecule has 0 aliphatic heterocycles. The molecule has 2 saturated carbocycles. The molecular weight excluding hydrogens is 494 g/mol. The molecule has 0 saturated heterocycles. The van der Waals surface area contributed by atoms with Crippen LogP contribution in [-0.4, -0.2) is 27.0 Å². The van der Waals surface area contributed by atoms with Crippen molar-refractivity contribution in [3.05, 3.63) is 69.7 Å².